The van der Waals surface area contributed by atoms with E-state index in [9.17, 15) is 4.79 Å². The summed E-state index contributed by atoms with van der Waals surface area (Å²) < 4.78 is 15.3. The van der Waals surface area contributed by atoms with E-state index in [4.69, 9.17) is 25.8 Å². The molecule has 2 aliphatic heterocycles. The van der Waals surface area contributed by atoms with Gasteiger partial charge in [-0.15, -0.1) is 0 Å². The molecule has 0 aromatic rings. The molecule has 0 amide bonds. The molecule has 108 valence electrons. The quantitative estimate of drug-likeness (QED) is 0.560. The predicted molar refractivity (Wildman–Crippen MR) is 69.6 cm³/mol. The number of carbonyl (C=O) groups excluding carboxylic acids is 1. The fourth-order valence-corrected chi connectivity index (χ4v) is 2.30. The number of esters is 1. The van der Waals surface area contributed by atoms with E-state index in [2.05, 4.69) is 10.2 Å². The normalized spacial score (nSPS) is 24.7. The Hall–Kier alpha value is -0.820. The van der Waals surface area contributed by atoms with Crippen LogP contribution in [0.15, 0.2) is 10.7 Å². The van der Waals surface area contributed by atoms with Gasteiger partial charge in [-0.25, -0.2) is 4.79 Å². The molecule has 0 radical (unpaired) electrons. The summed E-state index contributed by atoms with van der Waals surface area (Å²) >= 11 is 5.87. The molecule has 1 saturated heterocycles. The van der Waals surface area contributed by atoms with E-state index in [1.807, 2.05) is 0 Å². The molecule has 1 atom stereocenters. The first kappa shape index (κ1) is 14.6. The third kappa shape index (κ3) is 3.82. The zero-order valence-corrected chi connectivity index (χ0v) is 11.7. The maximum Gasteiger partial charge on any atom is 0.354 e. The first-order valence-electron chi connectivity index (χ1n) is 6.40. The van der Waals surface area contributed by atoms with Crippen molar-refractivity contribution < 1.29 is 19.0 Å². The summed E-state index contributed by atoms with van der Waals surface area (Å²) in [5, 5.41) is 3.20. The molecule has 7 heteroatoms. The molecule has 1 unspecified atom stereocenters. The summed E-state index contributed by atoms with van der Waals surface area (Å²) in [5.41, 5.74) is 0.524. The first-order chi connectivity index (χ1) is 9.22. The molecule has 0 aliphatic carbocycles. The van der Waals surface area contributed by atoms with Crippen molar-refractivity contribution in [1.82, 2.24) is 10.2 Å². The fraction of sp³-hybridized carbons (Fsp3) is 0.750. The summed E-state index contributed by atoms with van der Waals surface area (Å²) in [4.78, 5) is 13.6. The number of carbonyl (C=O) groups is 1. The van der Waals surface area contributed by atoms with Gasteiger partial charge in [-0.05, 0) is 13.0 Å². The highest BCUT2D eigenvalue weighted by Gasteiger charge is 2.33. The second-order valence-electron chi connectivity index (χ2n) is 4.43. The van der Waals surface area contributed by atoms with Gasteiger partial charge in [0.05, 0.1) is 13.2 Å². The van der Waals surface area contributed by atoms with Crippen LogP contribution in [-0.4, -0.2) is 63.7 Å². The van der Waals surface area contributed by atoms with Crippen molar-refractivity contribution in [1.29, 1.82) is 0 Å². The van der Waals surface area contributed by atoms with Crippen molar-refractivity contribution in [2.75, 3.05) is 46.5 Å². The number of hydrogen-bond donors (Lipinski definition) is 1. The lowest BCUT2D eigenvalue weighted by molar-refractivity contribution is -0.155. The van der Waals surface area contributed by atoms with Gasteiger partial charge in [-0.1, -0.05) is 11.6 Å². The van der Waals surface area contributed by atoms with Crippen LogP contribution in [-0.2, 0) is 19.0 Å². The summed E-state index contributed by atoms with van der Waals surface area (Å²) in [5.74, 6) is -0.538. The average Bonchev–Trinajstić information content (AvgIpc) is 2.72. The Labute approximate surface area is 117 Å². The number of methoxy groups -OCH3 is 1. The molecule has 2 aliphatic rings. The van der Waals surface area contributed by atoms with Crippen molar-refractivity contribution in [3.63, 3.8) is 0 Å². The maximum absolute atomic E-state index is 11.3. The summed E-state index contributed by atoms with van der Waals surface area (Å²) in [6.07, 6.45) is 0.251. The molecule has 1 fully saturated rings. The van der Waals surface area contributed by atoms with Crippen LogP contribution in [0, 0.1) is 0 Å². The minimum absolute atomic E-state index is 0.0817. The molecule has 0 bridgehead atoms. The number of hydrogen-bond acceptors (Lipinski definition) is 6. The monoisotopic (exact) mass is 290 g/mol. The van der Waals surface area contributed by atoms with Gasteiger partial charge in [0.2, 0.25) is 6.29 Å². The lowest BCUT2D eigenvalue weighted by Gasteiger charge is -2.26. The van der Waals surface area contributed by atoms with E-state index < -0.39 is 12.3 Å². The van der Waals surface area contributed by atoms with Gasteiger partial charge in [0.25, 0.3) is 0 Å². The second-order valence-corrected chi connectivity index (χ2v) is 4.81. The predicted octanol–water partition coefficient (Wildman–Crippen LogP) is 0.278. The van der Waals surface area contributed by atoms with E-state index in [0.717, 1.165) is 45.8 Å². The lowest BCUT2D eigenvalue weighted by atomic mass is 10.3. The number of morpholine rings is 1. The van der Waals surface area contributed by atoms with Gasteiger partial charge in [0.15, 0.2) is 5.03 Å². The van der Waals surface area contributed by atoms with Crippen LogP contribution >= 0.6 is 11.6 Å². The van der Waals surface area contributed by atoms with Crippen LogP contribution in [0.25, 0.3) is 0 Å². The molecular weight excluding hydrogens is 272 g/mol. The van der Waals surface area contributed by atoms with Crippen molar-refractivity contribution in [3.8, 4) is 0 Å². The zero-order chi connectivity index (χ0) is 13.7. The van der Waals surface area contributed by atoms with Crippen LogP contribution in [0.2, 0.25) is 0 Å². The number of rotatable bonds is 6. The molecule has 1 N–H and O–H groups in total. The number of ether oxygens (including phenoxy) is 3. The van der Waals surface area contributed by atoms with Crippen molar-refractivity contribution in [3.05, 3.63) is 10.7 Å². The smallest absolute Gasteiger partial charge is 0.354 e. The van der Waals surface area contributed by atoms with E-state index in [-0.39, 0.29) is 5.03 Å². The van der Waals surface area contributed by atoms with Crippen molar-refractivity contribution in [2.24, 2.45) is 0 Å². The third-order valence-electron chi connectivity index (χ3n) is 3.15. The SMILES string of the molecule is COC1OC(=O)C(Cl)=C1NCCCN1CCOCC1. The fourth-order valence-electron chi connectivity index (χ4n) is 2.10. The molecular formula is C12H19ClN2O4. The molecule has 6 nitrogen and oxygen atoms in total. The Balaban J connectivity index is 1.71. The molecule has 0 spiro atoms. The highest BCUT2D eigenvalue weighted by atomic mass is 35.5. The summed E-state index contributed by atoms with van der Waals surface area (Å²) in [7, 11) is 1.48. The maximum atomic E-state index is 11.3. The van der Waals surface area contributed by atoms with Gasteiger partial charge in [-0.3, -0.25) is 4.90 Å². The topological polar surface area (TPSA) is 60.0 Å². The number of halogens is 1. The highest BCUT2D eigenvalue weighted by Crippen LogP contribution is 2.23. The zero-order valence-electron chi connectivity index (χ0n) is 11.0. The van der Waals surface area contributed by atoms with E-state index in [0.29, 0.717) is 5.70 Å². The Bertz CT molecular complexity index is 356. The molecule has 0 aromatic carbocycles. The van der Waals surface area contributed by atoms with E-state index in [1.165, 1.54) is 7.11 Å². The number of nitrogens with zero attached hydrogens (tertiary/aromatic N) is 1. The lowest BCUT2D eigenvalue weighted by Crippen LogP contribution is -2.38. The van der Waals surface area contributed by atoms with Crippen molar-refractivity contribution >= 4 is 17.6 Å². The highest BCUT2D eigenvalue weighted by molar-refractivity contribution is 6.42. The standard InChI is InChI=1S/C12H19ClN2O4/c1-17-12-10(9(13)11(16)19-12)14-3-2-4-15-5-7-18-8-6-15/h12,14H,2-8H2,1H3. The Morgan fingerprint density at radius 3 is 2.89 bits per heavy atom. The van der Waals surface area contributed by atoms with Crippen LogP contribution in [0.5, 0.6) is 0 Å². The van der Waals surface area contributed by atoms with Gasteiger partial charge >= 0.3 is 5.97 Å². The van der Waals surface area contributed by atoms with Crippen molar-refractivity contribution in [2.45, 2.75) is 12.7 Å². The van der Waals surface area contributed by atoms with Crippen LogP contribution < -0.4 is 5.32 Å². The minimum atomic E-state index is -0.705. The van der Waals surface area contributed by atoms with Gasteiger partial charge in [-0.2, -0.15) is 0 Å². The molecule has 2 rings (SSSR count). The van der Waals surface area contributed by atoms with E-state index >= 15 is 0 Å². The largest absolute Gasteiger partial charge is 0.425 e. The van der Waals surface area contributed by atoms with Crippen LogP contribution in [0.3, 0.4) is 0 Å². The Morgan fingerprint density at radius 1 is 1.47 bits per heavy atom. The van der Waals surface area contributed by atoms with Crippen LogP contribution in [0.1, 0.15) is 6.42 Å². The first-order valence-corrected chi connectivity index (χ1v) is 6.77. The Kier molecular flexibility index (Phi) is 5.45. The average molecular weight is 291 g/mol. The van der Waals surface area contributed by atoms with Gasteiger partial charge in [0, 0.05) is 26.7 Å². The van der Waals surface area contributed by atoms with Crippen LogP contribution in [0.4, 0.5) is 0 Å². The number of cyclic esters (lactones) is 1. The minimum Gasteiger partial charge on any atom is -0.425 e. The third-order valence-corrected chi connectivity index (χ3v) is 3.51. The Morgan fingerprint density at radius 2 is 2.21 bits per heavy atom. The molecule has 2 heterocycles. The molecule has 0 aromatic heterocycles. The van der Waals surface area contributed by atoms with Gasteiger partial charge < -0.3 is 19.5 Å². The summed E-state index contributed by atoms with van der Waals surface area (Å²) in [6.45, 7) is 5.28. The second kappa shape index (κ2) is 7.09. The molecule has 0 saturated carbocycles. The van der Waals surface area contributed by atoms with E-state index in [1.54, 1.807) is 0 Å². The molecule has 19 heavy (non-hydrogen) atoms. The van der Waals surface area contributed by atoms with Gasteiger partial charge in [0.1, 0.15) is 5.70 Å². The number of nitrogens with one attached hydrogen (secondary N) is 1. The summed E-state index contributed by atoms with van der Waals surface area (Å²) in [6, 6.07) is 0.